The van der Waals surface area contributed by atoms with E-state index in [1.807, 2.05) is 13.0 Å². The molecule has 0 saturated heterocycles. The van der Waals surface area contributed by atoms with Crippen LogP contribution >= 0.6 is 0 Å². The van der Waals surface area contributed by atoms with Gasteiger partial charge in [0.1, 0.15) is 5.75 Å². The van der Waals surface area contributed by atoms with Gasteiger partial charge >= 0.3 is 5.97 Å². The Morgan fingerprint density at radius 2 is 1.79 bits per heavy atom. The largest absolute Gasteiger partial charge is 0.493 e. The van der Waals surface area contributed by atoms with E-state index in [1.165, 1.54) is 17.2 Å². The van der Waals surface area contributed by atoms with Crippen LogP contribution in [0.5, 0.6) is 5.75 Å². The average molecular weight is 448 g/mol. The van der Waals surface area contributed by atoms with Crippen LogP contribution in [0.4, 0.5) is 0 Å². The van der Waals surface area contributed by atoms with E-state index >= 15 is 0 Å². The lowest BCUT2D eigenvalue weighted by Gasteiger charge is -2.18. The number of ether oxygens (including phenoxy) is 1. The van der Waals surface area contributed by atoms with Gasteiger partial charge in [0.15, 0.2) is 0 Å². The van der Waals surface area contributed by atoms with Crippen molar-refractivity contribution in [2.75, 3.05) is 6.61 Å². The third-order valence-corrected chi connectivity index (χ3v) is 6.10. The fourth-order valence-electron chi connectivity index (χ4n) is 4.45. The van der Waals surface area contributed by atoms with E-state index in [0.717, 1.165) is 77.4 Å². The highest BCUT2D eigenvalue weighted by Crippen LogP contribution is 2.41. The van der Waals surface area contributed by atoms with Crippen LogP contribution in [-0.2, 0) is 24.7 Å². The highest BCUT2D eigenvalue weighted by molar-refractivity contribution is 6.00. The number of unbranched alkanes of at least 4 members (excludes halogenated alkanes) is 1. The zero-order valence-corrected chi connectivity index (χ0v) is 20.7. The number of carboxylic acids is 1. The molecule has 0 radical (unpaired) electrons. The Kier molecular flexibility index (Phi) is 8.37. The highest BCUT2D eigenvalue weighted by Gasteiger charge is 2.18. The van der Waals surface area contributed by atoms with Crippen molar-refractivity contribution in [2.24, 2.45) is 7.05 Å². The number of nitrogens with zero attached hydrogens (tertiary/aromatic N) is 1. The summed E-state index contributed by atoms with van der Waals surface area (Å²) < 4.78 is 8.58. The van der Waals surface area contributed by atoms with Gasteiger partial charge in [0.25, 0.3) is 0 Å². The maximum Gasteiger partial charge on any atom is 0.328 e. The molecule has 1 heterocycles. The SMILES string of the molecule is CCCCOc1c(CCC)cc(CCC)cc1-c1cn(C)c2ccc(C(C)=CC(=O)O)cc12. The number of benzene rings is 2. The maximum atomic E-state index is 11.2. The van der Waals surface area contributed by atoms with Crippen molar-refractivity contribution >= 4 is 22.4 Å². The number of carboxylic acid groups (broad SMARTS) is 1. The third kappa shape index (κ3) is 5.68. The molecule has 0 fully saturated rings. The lowest BCUT2D eigenvalue weighted by Crippen LogP contribution is -2.03. The van der Waals surface area contributed by atoms with Crippen LogP contribution in [0.2, 0.25) is 0 Å². The minimum Gasteiger partial charge on any atom is -0.493 e. The van der Waals surface area contributed by atoms with E-state index in [9.17, 15) is 9.90 Å². The molecule has 0 aliphatic heterocycles. The molecule has 4 nitrogen and oxygen atoms in total. The lowest BCUT2D eigenvalue weighted by molar-refractivity contribution is -0.131. The predicted octanol–water partition coefficient (Wildman–Crippen LogP) is 7.42. The van der Waals surface area contributed by atoms with Crippen molar-refractivity contribution in [2.45, 2.75) is 66.2 Å². The van der Waals surface area contributed by atoms with Gasteiger partial charge in [0, 0.05) is 41.4 Å². The second-order valence-electron chi connectivity index (χ2n) is 8.88. The van der Waals surface area contributed by atoms with Crippen LogP contribution in [0.25, 0.3) is 27.6 Å². The first-order valence-corrected chi connectivity index (χ1v) is 12.2. The number of hydrogen-bond donors (Lipinski definition) is 1. The molecule has 33 heavy (non-hydrogen) atoms. The zero-order valence-electron chi connectivity index (χ0n) is 20.7. The number of aryl methyl sites for hydroxylation is 3. The van der Waals surface area contributed by atoms with Gasteiger partial charge in [-0.3, -0.25) is 0 Å². The summed E-state index contributed by atoms with van der Waals surface area (Å²) in [6.45, 7) is 9.17. The molecule has 0 spiro atoms. The molecule has 1 aromatic heterocycles. The van der Waals surface area contributed by atoms with Gasteiger partial charge in [-0.05, 0) is 66.6 Å². The van der Waals surface area contributed by atoms with Gasteiger partial charge in [-0.2, -0.15) is 0 Å². The van der Waals surface area contributed by atoms with Crippen LogP contribution < -0.4 is 4.74 Å². The third-order valence-electron chi connectivity index (χ3n) is 6.10. The number of aromatic nitrogens is 1. The van der Waals surface area contributed by atoms with E-state index in [2.05, 4.69) is 62.8 Å². The number of aliphatic carboxylic acids is 1. The Balaban J connectivity index is 2.26. The highest BCUT2D eigenvalue weighted by atomic mass is 16.5. The Labute approximate surface area is 197 Å². The monoisotopic (exact) mass is 447 g/mol. The summed E-state index contributed by atoms with van der Waals surface area (Å²) in [6, 6.07) is 10.8. The number of allylic oxidation sites excluding steroid dienone is 1. The molecule has 176 valence electrons. The number of carbonyl (C=O) groups is 1. The summed E-state index contributed by atoms with van der Waals surface area (Å²) in [5.41, 5.74) is 7.68. The molecule has 1 N–H and O–H groups in total. The predicted molar refractivity (Wildman–Crippen MR) is 138 cm³/mol. The zero-order chi connectivity index (χ0) is 24.0. The van der Waals surface area contributed by atoms with Gasteiger partial charge in [0.2, 0.25) is 0 Å². The molecule has 0 unspecified atom stereocenters. The van der Waals surface area contributed by atoms with Crippen molar-refractivity contribution < 1.29 is 14.6 Å². The number of rotatable bonds is 11. The molecule has 0 saturated carbocycles. The first-order valence-electron chi connectivity index (χ1n) is 12.2. The minimum absolute atomic E-state index is 0.712. The molecule has 2 aromatic carbocycles. The standard InChI is InChI=1S/C29H37NO3/c1-6-9-14-33-29-23(11-8-3)16-21(10-7-2)17-25(29)26-19-30(5)27-13-12-22(18-24(26)27)20(4)15-28(31)32/h12-13,15-19H,6-11,14H2,1-5H3,(H,31,32). The fourth-order valence-corrected chi connectivity index (χ4v) is 4.45. The van der Waals surface area contributed by atoms with Gasteiger partial charge in [0.05, 0.1) is 6.61 Å². The van der Waals surface area contributed by atoms with E-state index in [0.29, 0.717) is 6.61 Å². The lowest BCUT2D eigenvalue weighted by atomic mass is 9.93. The smallest absolute Gasteiger partial charge is 0.328 e. The van der Waals surface area contributed by atoms with Crippen LogP contribution in [0, 0.1) is 0 Å². The van der Waals surface area contributed by atoms with E-state index in [-0.39, 0.29) is 0 Å². The van der Waals surface area contributed by atoms with Crippen molar-refractivity contribution in [3.05, 3.63) is 59.3 Å². The quantitative estimate of drug-likeness (QED) is 0.246. The Morgan fingerprint density at radius 1 is 1.03 bits per heavy atom. The topological polar surface area (TPSA) is 51.5 Å². The molecule has 3 rings (SSSR count). The number of fused-ring (bicyclic) bond motifs is 1. The summed E-state index contributed by atoms with van der Waals surface area (Å²) in [4.78, 5) is 11.2. The summed E-state index contributed by atoms with van der Waals surface area (Å²) in [5.74, 6) is 0.0739. The summed E-state index contributed by atoms with van der Waals surface area (Å²) in [5, 5.41) is 10.3. The van der Waals surface area contributed by atoms with Crippen molar-refractivity contribution in [3.8, 4) is 16.9 Å². The second-order valence-corrected chi connectivity index (χ2v) is 8.88. The summed E-state index contributed by atoms with van der Waals surface area (Å²) in [6.07, 6.45) is 9.76. The Hall–Kier alpha value is -3.01. The molecule has 0 aliphatic rings. The van der Waals surface area contributed by atoms with Crippen molar-refractivity contribution in [3.63, 3.8) is 0 Å². The minimum atomic E-state index is -0.927. The molecule has 4 heteroatoms. The van der Waals surface area contributed by atoms with Crippen LogP contribution in [0.1, 0.15) is 70.1 Å². The number of hydrogen-bond acceptors (Lipinski definition) is 2. The summed E-state index contributed by atoms with van der Waals surface area (Å²) in [7, 11) is 2.06. The van der Waals surface area contributed by atoms with E-state index in [4.69, 9.17) is 4.74 Å². The molecule has 3 aromatic rings. The van der Waals surface area contributed by atoms with Gasteiger partial charge < -0.3 is 14.4 Å². The molecule has 0 amide bonds. The van der Waals surface area contributed by atoms with Gasteiger partial charge in [-0.25, -0.2) is 4.79 Å². The second kappa shape index (κ2) is 11.2. The van der Waals surface area contributed by atoms with Crippen molar-refractivity contribution in [1.29, 1.82) is 0 Å². The summed E-state index contributed by atoms with van der Waals surface area (Å²) >= 11 is 0. The normalized spacial score (nSPS) is 11.8. The molecule has 0 atom stereocenters. The molecule has 0 aliphatic carbocycles. The first kappa shape index (κ1) is 24.6. The van der Waals surface area contributed by atoms with Gasteiger partial charge in [-0.1, -0.05) is 52.2 Å². The van der Waals surface area contributed by atoms with Crippen molar-refractivity contribution in [1.82, 2.24) is 4.57 Å². The molecular weight excluding hydrogens is 410 g/mol. The average Bonchev–Trinajstić information content (AvgIpc) is 3.10. The van der Waals surface area contributed by atoms with Gasteiger partial charge in [-0.15, -0.1) is 0 Å². The Bertz CT molecular complexity index is 1150. The van der Waals surface area contributed by atoms with E-state index in [1.54, 1.807) is 0 Å². The molecular formula is C29H37NO3. The fraction of sp³-hybridized carbons (Fsp3) is 0.414. The van der Waals surface area contributed by atoms with Crippen LogP contribution in [0.3, 0.4) is 0 Å². The Morgan fingerprint density at radius 3 is 2.45 bits per heavy atom. The maximum absolute atomic E-state index is 11.2. The van der Waals surface area contributed by atoms with Crippen LogP contribution in [-0.4, -0.2) is 22.2 Å². The van der Waals surface area contributed by atoms with Crippen LogP contribution in [0.15, 0.2) is 42.6 Å². The molecule has 0 bridgehead atoms. The van der Waals surface area contributed by atoms with E-state index < -0.39 is 5.97 Å². The first-order chi connectivity index (χ1) is 15.9.